The second kappa shape index (κ2) is 20.5. The highest BCUT2D eigenvalue weighted by molar-refractivity contribution is 14.1. The summed E-state index contributed by atoms with van der Waals surface area (Å²) in [5, 5.41) is 4.24. The second-order valence-corrected chi connectivity index (χ2v) is 28.0. The molecule has 0 saturated heterocycles. The molecule has 1 aliphatic heterocycles. The number of nitrogens with zero attached hydrogens (tertiary/aromatic N) is 2. The molecule has 79 heavy (non-hydrogen) atoms. The lowest BCUT2D eigenvalue weighted by Gasteiger charge is -2.48. The van der Waals surface area contributed by atoms with Crippen molar-refractivity contribution in [3.63, 3.8) is 0 Å². The van der Waals surface area contributed by atoms with Gasteiger partial charge in [0, 0.05) is 55.4 Å². The van der Waals surface area contributed by atoms with Crippen molar-refractivity contribution in [3.8, 4) is 0 Å². The van der Waals surface area contributed by atoms with Gasteiger partial charge in [0.05, 0.1) is 17.0 Å². The Labute approximate surface area is 485 Å². The van der Waals surface area contributed by atoms with Crippen LogP contribution in [0.3, 0.4) is 0 Å². The van der Waals surface area contributed by atoms with Crippen LogP contribution in [-0.2, 0) is 18.3 Å². The fourth-order valence-corrected chi connectivity index (χ4v) is 14.9. The van der Waals surface area contributed by atoms with Crippen LogP contribution < -0.4 is 31.7 Å². The van der Waals surface area contributed by atoms with Crippen molar-refractivity contribution in [1.82, 2.24) is 0 Å². The van der Waals surface area contributed by atoms with Gasteiger partial charge in [0.1, 0.15) is 5.76 Å². The van der Waals surface area contributed by atoms with E-state index in [0.717, 1.165) is 82.6 Å². The number of allylic oxidation sites excluding steroid dienone is 3. The molecule has 400 valence electrons. The van der Waals surface area contributed by atoms with Gasteiger partial charge < -0.3 is 19.5 Å². The van der Waals surface area contributed by atoms with Crippen LogP contribution in [0.25, 0.3) is 6.08 Å². The first-order valence-corrected chi connectivity index (χ1v) is 30.2. The van der Waals surface area contributed by atoms with Crippen molar-refractivity contribution >= 4 is 97.5 Å². The van der Waals surface area contributed by atoms with E-state index in [0.29, 0.717) is 17.8 Å². The van der Waals surface area contributed by atoms with Crippen LogP contribution in [0.4, 0.5) is 45.5 Å². The predicted molar refractivity (Wildman–Crippen MR) is 347 cm³/mol. The van der Waals surface area contributed by atoms with E-state index >= 15 is 0 Å². The number of alkyl halides is 1. The Balaban J connectivity index is 1.17. The van der Waals surface area contributed by atoms with E-state index < -0.39 is 0 Å². The van der Waals surface area contributed by atoms with E-state index in [9.17, 15) is 0 Å². The van der Waals surface area contributed by atoms with Crippen molar-refractivity contribution in [2.24, 2.45) is 17.3 Å². The molecule has 4 nitrogen and oxygen atoms in total. The molecule has 0 radical (unpaired) electrons. The van der Waals surface area contributed by atoms with E-state index in [-0.39, 0.29) is 21.0 Å². The molecule has 0 spiro atoms. The topological polar surface area (TPSA) is 31.6 Å². The average Bonchev–Trinajstić information content (AvgIpc) is 2.99. The van der Waals surface area contributed by atoms with E-state index in [1.54, 1.807) is 5.57 Å². The zero-order valence-electron chi connectivity index (χ0n) is 48.4. The fraction of sp³-hybridized carbons (Fsp3) is 0.315. The molecule has 1 saturated carbocycles. The molecule has 1 N–H and O–H groups in total. The van der Waals surface area contributed by atoms with Crippen LogP contribution in [0, 0.1) is 38.0 Å². The summed E-state index contributed by atoms with van der Waals surface area (Å²) in [4.78, 5) is 5.02. The van der Waals surface area contributed by atoms with E-state index in [1.807, 2.05) is 0 Å². The molecule has 0 bridgehead atoms. The first-order chi connectivity index (χ1) is 37.8. The zero-order valence-corrected chi connectivity index (χ0v) is 50.6. The number of rotatable bonds is 10. The third-order valence-electron chi connectivity index (χ3n) is 18.7. The maximum Gasteiger partial charge on any atom is 0.295 e. The third kappa shape index (κ3) is 9.82. The third-order valence-corrected chi connectivity index (χ3v) is 19.8. The Morgan fingerprint density at radius 3 is 2.08 bits per heavy atom. The molecule has 0 amide bonds. The number of hydrogen-bond acceptors (Lipinski definition) is 4. The molecule has 3 aliphatic carbocycles. The highest BCUT2D eigenvalue weighted by atomic mass is 127. The average molecular weight is 1150 g/mol. The number of fused-ring (bicyclic) bond motifs is 5. The quantitative estimate of drug-likeness (QED) is 0.0640. The molecule has 4 aliphatic rings. The van der Waals surface area contributed by atoms with Gasteiger partial charge in [-0.25, -0.2) is 0 Å². The van der Waals surface area contributed by atoms with Gasteiger partial charge in [0.2, 0.25) is 0 Å². The number of hydrogen-bond donors (Lipinski definition) is 1. The standard InChI is InChI=1S/C73H77BIN3O/c1-46-21-18-22-47(2)59(46)40-51-31-36-63(50(5)39-51)74-68-64(76-54-26-20-25-52(41-54)67-48(3)23-19-24-49(67)4)42-58(77(55-27-14-12-15-28-55)56-29-16-13-17-30-56)43-65(68)78(57-34-32-53(33-35-57)71(6,7)8)69-60-44-62-61(45-66(60)79-70(69)74)72(9,10)37-38-73(62,11)75/h12-18,20-23,25-36,39,41-44,49,61,67,76H,19,24,37-38,40,45H2,1-11H3. The molecule has 4 atom stereocenters. The summed E-state index contributed by atoms with van der Waals surface area (Å²) in [6.45, 7) is 25.7. The molecular weight excluding hydrogens is 1070 g/mol. The molecule has 2 heterocycles. The normalized spacial score (nSPS) is 20.3. The smallest absolute Gasteiger partial charge is 0.295 e. The predicted octanol–water partition coefficient (Wildman–Crippen LogP) is 18.6. The summed E-state index contributed by atoms with van der Waals surface area (Å²) in [6.07, 6.45) is 11.5. The monoisotopic (exact) mass is 1150 g/mol. The van der Waals surface area contributed by atoms with E-state index in [1.165, 1.54) is 73.8 Å². The van der Waals surface area contributed by atoms with Crippen LogP contribution in [0.15, 0.2) is 179 Å². The van der Waals surface area contributed by atoms with Gasteiger partial charge in [0.25, 0.3) is 6.71 Å². The minimum Gasteiger partial charge on any atom is -0.472 e. The molecular formula is C73H77BIN3O. The number of aryl methyl sites for hydroxylation is 3. The van der Waals surface area contributed by atoms with Gasteiger partial charge in [0.15, 0.2) is 0 Å². The number of para-hydroxylation sites is 2. The van der Waals surface area contributed by atoms with Gasteiger partial charge in [-0.1, -0.05) is 184 Å². The van der Waals surface area contributed by atoms with E-state index in [4.69, 9.17) is 4.42 Å². The van der Waals surface area contributed by atoms with Gasteiger partial charge in [-0.2, -0.15) is 0 Å². The Morgan fingerprint density at radius 1 is 0.734 bits per heavy atom. The summed E-state index contributed by atoms with van der Waals surface area (Å²) in [5.41, 5.74) is 26.0. The van der Waals surface area contributed by atoms with Crippen LogP contribution in [0.2, 0.25) is 0 Å². The molecule has 6 heteroatoms. The summed E-state index contributed by atoms with van der Waals surface area (Å²) in [5.74, 6) is 2.40. The van der Waals surface area contributed by atoms with Crippen molar-refractivity contribution in [2.75, 3.05) is 15.1 Å². The maximum absolute atomic E-state index is 7.82. The van der Waals surface area contributed by atoms with Crippen molar-refractivity contribution < 1.29 is 4.42 Å². The Morgan fingerprint density at radius 2 is 1.42 bits per heavy atom. The summed E-state index contributed by atoms with van der Waals surface area (Å²) < 4.78 is 7.84. The van der Waals surface area contributed by atoms with Crippen molar-refractivity contribution in [2.45, 2.75) is 129 Å². The number of benzene rings is 7. The molecule has 1 fully saturated rings. The Hall–Kier alpha value is -6.51. The Kier molecular flexibility index (Phi) is 13.8. The van der Waals surface area contributed by atoms with Crippen molar-refractivity contribution in [1.29, 1.82) is 0 Å². The van der Waals surface area contributed by atoms with Crippen LogP contribution >= 0.6 is 22.6 Å². The van der Waals surface area contributed by atoms with Crippen LogP contribution in [0.5, 0.6) is 0 Å². The molecule has 8 aromatic rings. The lowest BCUT2D eigenvalue weighted by atomic mass is 9.36. The fourth-order valence-electron chi connectivity index (χ4n) is 14.1. The van der Waals surface area contributed by atoms with E-state index in [2.05, 4.69) is 284 Å². The zero-order chi connectivity index (χ0) is 55.1. The SMILES string of the molecule is CC1=CCCC(C)C1c1cccc(Nc2cc(N(c3ccccc3)c3ccccc3)cc3c2B(c2ccc(Cc4c(C)cccc4C)cc2C)c2oc4c(c2N3c2ccc(C(C)(C)C)cc2)C=C2C(C4)C(C)(C)CCC2(C)I)c1. The molecule has 12 rings (SSSR count). The summed E-state index contributed by atoms with van der Waals surface area (Å²) in [7, 11) is 0. The number of nitrogens with one attached hydrogen (secondary N) is 1. The van der Waals surface area contributed by atoms with Gasteiger partial charge in [-0.15, -0.1) is 0 Å². The maximum atomic E-state index is 7.82. The highest BCUT2D eigenvalue weighted by Gasteiger charge is 2.50. The number of furan rings is 1. The minimum atomic E-state index is -0.250. The Bertz CT molecular complexity index is 3610. The lowest BCUT2D eigenvalue weighted by molar-refractivity contribution is 0.170. The van der Waals surface area contributed by atoms with Gasteiger partial charge >= 0.3 is 0 Å². The summed E-state index contributed by atoms with van der Waals surface area (Å²) >= 11 is 2.78. The summed E-state index contributed by atoms with van der Waals surface area (Å²) in [6, 6.07) is 59.4. The van der Waals surface area contributed by atoms with Crippen molar-refractivity contribution in [3.05, 3.63) is 225 Å². The van der Waals surface area contributed by atoms with Crippen LogP contribution in [0.1, 0.15) is 137 Å². The van der Waals surface area contributed by atoms with Gasteiger partial charge in [-0.05, 0) is 201 Å². The number of halogens is 1. The number of anilines is 8. The molecule has 4 unspecified atom stereocenters. The minimum absolute atomic E-state index is 0.0165. The van der Waals surface area contributed by atoms with Crippen LogP contribution in [-0.4, -0.2) is 10.1 Å². The second-order valence-electron chi connectivity index (χ2n) is 25.7. The lowest BCUT2D eigenvalue weighted by Crippen LogP contribution is -2.58. The molecule has 1 aromatic heterocycles. The largest absolute Gasteiger partial charge is 0.472 e. The first-order valence-electron chi connectivity index (χ1n) is 29.1. The van der Waals surface area contributed by atoms with Gasteiger partial charge in [-0.3, -0.25) is 0 Å². The first kappa shape index (κ1) is 53.2. The molecule has 7 aromatic carbocycles. The highest BCUT2D eigenvalue weighted by Crippen LogP contribution is 2.57.